The summed E-state index contributed by atoms with van der Waals surface area (Å²) in [6.45, 7) is 3.00. The fraction of sp³-hybridized carbons (Fsp3) is 0.875. The predicted molar refractivity (Wildman–Crippen MR) is 43.1 cm³/mol. The molecule has 2 nitrogen and oxygen atoms in total. The van der Waals surface area contributed by atoms with Crippen LogP contribution in [-0.4, -0.2) is 19.1 Å². The maximum absolute atomic E-state index is 11.8. The van der Waals surface area contributed by atoms with E-state index >= 15 is 0 Å². The van der Waals surface area contributed by atoms with Crippen LogP contribution in [0.25, 0.3) is 0 Å². The van der Waals surface area contributed by atoms with E-state index < -0.39 is 18.0 Å². The van der Waals surface area contributed by atoms with Crippen LogP contribution >= 0.6 is 0 Å². The van der Waals surface area contributed by atoms with E-state index in [0.29, 0.717) is 0 Å². The lowest BCUT2D eigenvalue weighted by molar-refractivity contribution is -0.145. The minimum Gasteiger partial charge on any atom is -0.359 e. The minimum atomic E-state index is -4.19. The third kappa shape index (κ3) is 4.75. The number of rotatable bonds is 3. The summed E-state index contributed by atoms with van der Waals surface area (Å²) in [5.41, 5.74) is -0.954. The zero-order valence-corrected chi connectivity index (χ0v) is 7.96. The quantitative estimate of drug-likeness (QED) is 0.737. The zero-order valence-electron chi connectivity index (χ0n) is 7.96. The highest BCUT2D eigenvalue weighted by Crippen LogP contribution is 2.30. The Morgan fingerprint density at radius 2 is 1.69 bits per heavy atom. The molecule has 0 saturated carbocycles. The molecule has 13 heavy (non-hydrogen) atoms. The molecule has 5 heteroatoms. The van der Waals surface area contributed by atoms with Gasteiger partial charge in [-0.15, -0.1) is 0 Å². The van der Waals surface area contributed by atoms with Crippen molar-refractivity contribution in [2.45, 2.75) is 32.9 Å². The van der Waals surface area contributed by atoms with Crippen LogP contribution in [0.1, 0.15) is 26.7 Å². The summed E-state index contributed by atoms with van der Waals surface area (Å²) in [7, 11) is 1.41. The van der Waals surface area contributed by atoms with Crippen LogP contribution in [0.2, 0.25) is 0 Å². The molecule has 0 aliphatic carbocycles. The largest absolute Gasteiger partial charge is 0.389 e. The third-order valence-corrected chi connectivity index (χ3v) is 1.88. The Bertz CT molecular complexity index is 186. The Balaban J connectivity index is 4.11. The van der Waals surface area contributed by atoms with E-state index in [4.69, 9.17) is 0 Å². The van der Waals surface area contributed by atoms with Crippen molar-refractivity contribution in [3.63, 3.8) is 0 Å². The van der Waals surface area contributed by atoms with Crippen molar-refractivity contribution >= 4 is 5.91 Å². The van der Waals surface area contributed by atoms with Gasteiger partial charge in [-0.1, -0.05) is 13.8 Å². The van der Waals surface area contributed by atoms with Crippen LogP contribution in [0.5, 0.6) is 0 Å². The summed E-state index contributed by atoms with van der Waals surface area (Å²) in [4.78, 5) is 11.1. The first-order chi connectivity index (χ1) is 5.69. The number of carbonyl (C=O) groups excluding carboxylic acids is 1. The molecule has 1 N–H and O–H groups in total. The molecule has 0 radical (unpaired) electrons. The number of hydrogen-bond acceptors (Lipinski definition) is 1. The number of nitrogens with one attached hydrogen (secondary N) is 1. The van der Waals surface area contributed by atoms with E-state index in [-0.39, 0.29) is 12.3 Å². The Labute approximate surface area is 75.5 Å². The van der Waals surface area contributed by atoms with Crippen molar-refractivity contribution < 1.29 is 18.0 Å². The number of halogens is 3. The third-order valence-electron chi connectivity index (χ3n) is 1.88. The van der Waals surface area contributed by atoms with Crippen LogP contribution in [-0.2, 0) is 4.79 Å². The van der Waals surface area contributed by atoms with Gasteiger partial charge in [-0.2, -0.15) is 13.2 Å². The second kappa shape index (κ2) is 3.98. The molecule has 0 aromatic heterocycles. The summed E-state index contributed by atoms with van der Waals surface area (Å²) in [6.07, 6.45) is -5.30. The van der Waals surface area contributed by atoms with Crippen LogP contribution in [0, 0.1) is 5.41 Å². The molecule has 0 heterocycles. The average Bonchev–Trinajstić information content (AvgIpc) is 1.98. The summed E-state index contributed by atoms with van der Waals surface area (Å²) >= 11 is 0. The molecule has 0 aliphatic heterocycles. The Morgan fingerprint density at radius 3 is 2.00 bits per heavy atom. The molecule has 0 fully saturated rings. The number of carbonyl (C=O) groups is 1. The SMILES string of the molecule is CNC(=O)C(C)(C)CCC(F)(F)F. The minimum absolute atomic E-state index is 0.184. The van der Waals surface area contributed by atoms with Crippen molar-refractivity contribution in [2.24, 2.45) is 5.41 Å². The van der Waals surface area contributed by atoms with Crippen molar-refractivity contribution in [1.29, 1.82) is 0 Å². The molecular weight excluding hydrogens is 183 g/mol. The second-order valence-corrected chi connectivity index (χ2v) is 3.58. The standard InChI is InChI=1S/C8H14F3NO/c1-7(2,6(13)12-3)4-5-8(9,10)11/h4-5H2,1-3H3,(H,12,13). The Morgan fingerprint density at radius 1 is 1.23 bits per heavy atom. The molecule has 0 rings (SSSR count). The monoisotopic (exact) mass is 197 g/mol. The highest BCUT2D eigenvalue weighted by molar-refractivity contribution is 5.81. The summed E-state index contributed by atoms with van der Waals surface area (Å²) < 4.78 is 35.5. The summed E-state index contributed by atoms with van der Waals surface area (Å²) in [5, 5.41) is 2.34. The lowest BCUT2D eigenvalue weighted by Gasteiger charge is -2.22. The zero-order chi connectivity index (χ0) is 10.7. The van der Waals surface area contributed by atoms with Crippen LogP contribution < -0.4 is 5.32 Å². The van der Waals surface area contributed by atoms with E-state index in [9.17, 15) is 18.0 Å². The lowest BCUT2D eigenvalue weighted by Crippen LogP contribution is -2.35. The van der Waals surface area contributed by atoms with E-state index in [1.807, 2.05) is 0 Å². The lowest BCUT2D eigenvalue weighted by atomic mass is 9.87. The molecular formula is C8H14F3NO. The maximum atomic E-state index is 11.8. The average molecular weight is 197 g/mol. The van der Waals surface area contributed by atoms with Gasteiger partial charge in [0, 0.05) is 18.9 Å². The molecule has 0 atom stereocenters. The first-order valence-electron chi connectivity index (χ1n) is 3.98. The first kappa shape index (κ1) is 12.3. The first-order valence-corrected chi connectivity index (χ1v) is 3.98. The van der Waals surface area contributed by atoms with E-state index in [1.54, 1.807) is 0 Å². The van der Waals surface area contributed by atoms with Gasteiger partial charge in [0.2, 0.25) is 5.91 Å². The fourth-order valence-corrected chi connectivity index (χ4v) is 0.906. The van der Waals surface area contributed by atoms with Crippen molar-refractivity contribution in [1.82, 2.24) is 5.32 Å². The highest BCUT2D eigenvalue weighted by atomic mass is 19.4. The highest BCUT2D eigenvalue weighted by Gasteiger charge is 2.34. The normalized spacial score (nSPS) is 12.8. The van der Waals surface area contributed by atoms with E-state index in [2.05, 4.69) is 5.32 Å². The van der Waals surface area contributed by atoms with Gasteiger partial charge in [0.1, 0.15) is 0 Å². The van der Waals surface area contributed by atoms with Crippen LogP contribution in [0.3, 0.4) is 0 Å². The molecule has 0 unspecified atom stereocenters. The van der Waals surface area contributed by atoms with Gasteiger partial charge in [-0.3, -0.25) is 4.79 Å². The van der Waals surface area contributed by atoms with Gasteiger partial charge in [0.15, 0.2) is 0 Å². The molecule has 1 amide bonds. The van der Waals surface area contributed by atoms with Crippen molar-refractivity contribution in [2.75, 3.05) is 7.05 Å². The topological polar surface area (TPSA) is 29.1 Å². The van der Waals surface area contributed by atoms with Crippen LogP contribution in [0.15, 0.2) is 0 Å². The van der Waals surface area contributed by atoms with E-state index in [1.165, 1.54) is 20.9 Å². The van der Waals surface area contributed by atoms with Gasteiger partial charge in [0.05, 0.1) is 0 Å². The number of alkyl halides is 3. The van der Waals surface area contributed by atoms with Gasteiger partial charge in [0.25, 0.3) is 0 Å². The Kier molecular flexibility index (Phi) is 3.75. The molecule has 0 saturated heterocycles. The van der Waals surface area contributed by atoms with Gasteiger partial charge >= 0.3 is 6.18 Å². The predicted octanol–water partition coefficient (Wildman–Crippen LogP) is 2.10. The molecule has 0 spiro atoms. The Hall–Kier alpha value is -0.740. The smallest absolute Gasteiger partial charge is 0.359 e. The van der Waals surface area contributed by atoms with Gasteiger partial charge < -0.3 is 5.32 Å². The summed E-state index contributed by atoms with van der Waals surface area (Å²) in [6, 6.07) is 0. The maximum Gasteiger partial charge on any atom is 0.389 e. The van der Waals surface area contributed by atoms with Crippen LogP contribution in [0.4, 0.5) is 13.2 Å². The molecule has 0 aromatic carbocycles. The fourth-order valence-electron chi connectivity index (χ4n) is 0.906. The molecule has 0 aromatic rings. The number of hydrogen-bond donors (Lipinski definition) is 1. The van der Waals surface area contributed by atoms with E-state index in [0.717, 1.165) is 0 Å². The molecule has 78 valence electrons. The second-order valence-electron chi connectivity index (χ2n) is 3.58. The van der Waals surface area contributed by atoms with Gasteiger partial charge in [-0.25, -0.2) is 0 Å². The number of amides is 1. The molecule has 0 bridgehead atoms. The summed E-state index contributed by atoms with van der Waals surface area (Å²) in [5.74, 6) is -0.364. The van der Waals surface area contributed by atoms with Gasteiger partial charge in [-0.05, 0) is 6.42 Å². The van der Waals surface area contributed by atoms with Crippen molar-refractivity contribution in [3.05, 3.63) is 0 Å². The molecule has 0 aliphatic rings. The van der Waals surface area contributed by atoms with Crippen molar-refractivity contribution in [3.8, 4) is 0 Å².